The zero-order valence-corrected chi connectivity index (χ0v) is 14.7. The average Bonchev–Trinajstić information content (AvgIpc) is 3.10. The summed E-state index contributed by atoms with van der Waals surface area (Å²) in [6.07, 6.45) is 1.63. The highest BCUT2D eigenvalue weighted by Crippen LogP contribution is 2.29. The third kappa shape index (κ3) is 3.95. The van der Waals surface area contributed by atoms with E-state index in [-0.39, 0.29) is 11.7 Å². The smallest absolute Gasteiger partial charge is 0.260 e. The highest BCUT2D eigenvalue weighted by atomic mass is 35.5. The highest BCUT2D eigenvalue weighted by Gasteiger charge is 2.20. The number of hydrogen-bond donors (Lipinski definition) is 0. The molecule has 0 aliphatic heterocycles. The number of anilines is 1. The average molecular weight is 373 g/mol. The van der Waals surface area contributed by atoms with E-state index in [2.05, 4.69) is 11.6 Å². The van der Waals surface area contributed by atoms with E-state index in [0.717, 1.165) is 11.3 Å². The molecule has 3 rings (SSSR count). The lowest BCUT2D eigenvalue weighted by Crippen LogP contribution is -2.30. The molecule has 1 aromatic heterocycles. The first kappa shape index (κ1) is 17.3. The van der Waals surface area contributed by atoms with Gasteiger partial charge in [0.1, 0.15) is 5.82 Å². The predicted octanol–water partition coefficient (Wildman–Crippen LogP) is 5.44. The number of aromatic nitrogens is 1. The van der Waals surface area contributed by atoms with Gasteiger partial charge < -0.3 is 0 Å². The number of hydrogen-bond acceptors (Lipinski definition) is 3. The standard InChI is InChI=1S/C19H14ClFN2OS/c1-2-11-23(18(24)14-5-9-16(21)10-6-14)19-22-17(12-25-19)13-3-7-15(20)8-4-13/h2-10,12H,1,11H2. The molecule has 126 valence electrons. The van der Waals surface area contributed by atoms with Crippen LogP contribution in [0.15, 0.2) is 66.6 Å². The van der Waals surface area contributed by atoms with Crippen LogP contribution in [0.2, 0.25) is 5.02 Å². The van der Waals surface area contributed by atoms with Crippen molar-refractivity contribution in [3.63, 3.8) is 0 Å². The SMILES string of the molecule is C=CCN(C(=O)c1ccc(F)cc1)c1nc(-c2ccc(Cl)cc2)cs1. The summed E-state index contributed by atoms with van der Waals surface area (Å²) in [7, 11) is 0. The van der Waals surface area contributed by atoms with Crippen LogP contribution in [-0.4, -0.2) is 17.4 Å². The summed E-state index contributed by atoms with van der Waals surface area (Å²) in [5, 5.41) is 3.09. The van der Waals surface area contributed by atoms with Gasteiger partial charge in [0.05, 0.1) is 5.69 Å². The fourth-order valence-electron chi connectivity index (χ4n) is 2.27. The first-order chi connectivity index (χ1) is 12.1. The molecule has 0 aliphatic rings. The van der Waals surface area contributed by atoms with Crippen molar-refractivity contribution in [1.82, 2.24) is 4.98 Å². The maximum Gasteiger partial charge on any atom is 0.260 e. The van der Waals surface area contributed by atoms with Crippen LogP contribution in [0, 0.1) is 5.82 Å². The second-order valence-electron chi connectivity index (χ2n) is 5.23. The molecule has 0 spiro atoms. The molecule has 2 aromatic carbocycles. The number of rotatable bonds is 5. The minimum Gasteiger partial charge on any atom is -0.280 e. The van der Waals surface area contributed by atoms with Crippen molar-refractivity contribution in [3.8, 4) is 11.3 Å². The Balaban J connectivity index is 1.90. The molecule has 0 radical (unpaired) electrons. The summed E-state index contributed by atoms with van der Waals surface area (Å²) < 4.78 is 13.1. The maximum absolute atomic E-state index is 13.1. The number of thiazole rings is 1. The lowest BCUT2D eigenvalue weighted by atomic mass is 10.2. The number of benzene rings is 2. The van der Waals surface area contributed by atoms with E-state index in [9.17, 15) is 9.18 Å². The number of amides is 1. The van der Waals surface area contributed by atoms with Gasteiger partial charge in [-0.3, -0.25) is 9.69 Å². The van der Waals surface area contributed by atoms with Gasteiger partial charge in [0.15, 0.2) is 5.13 Å². The molecule has 3 nitrogen and oxygen atoms in total. The fraction of sp³-hybridized carbons (Fsp3) is 0.0526. The Hall–Kier alpha value is -2.50. The third-order valence-corrected chi connectivity index (χ3v) is 4.63. The molecule has 0 N–H and O–H groups in total. The van der Waals surface area contributed by atoms with Gasteiger partial charge >= 0.3 is 0 Å². The Bertz CT molecular complexity index is 891. The summed E-state index contributed by atoms with van der Waals surface area (Å²) in [6.45, 7) is 4.01. The van der Waals surface area contributed by atoms with E-state index < -0.39 is 0 Å². The van der Waals surface area contributed by atoms with Crippen molar-refractivity contribution in [2.24, 2.45) is 0 Å². The van der Waals surface area contributed by atoms with Crippen molar-refractivity contribution in [3.05, 3.63) is 83.0 Å². The van der Waals surface area contributed by atoms with E-state index in [1.54, 1.807) is 18.2 Å². The molecule has 25 heavy (non-hydrogen) atoms. The Morgan fingerprint density at radius 1 is 1.20 bits per heavy atom. The van der Waals surface area contributed by atoms with E-state index in [4.69, 9.17) is 11.6 Å². The van der Waals surface area contributed by atoms with E-state index in [1.165, 1.54) is 40.5 Å². The van der Waals surface area contributed by atoms with Gasteiger partial charge in [-0.15, -0.1) is 17.9 Å². The van der Waals surface area contributed by atoms with E-state index in [0.29, 0.717) is 22.3 Å². The van der Waals surface area contributed by atoms with Crippen LogP contribution >= 0.6 is 22.9 Å². The largest absolute Gasteiger partial charge is 0.280 e. The first-order valence-corrected chi connectivity index (χ1v) is 8.74. The summed E-state index contributed by atoms with van der Waals surface area (Å²) in [4.78, 5) is 18.8. The predicted molar refractivity (Wildman–Crippen MR) is 101 cm³/mol. The van der Waals surface area contributed by atoms with Crippen molar-refractivity contribution < 1.29 is 9.18 Å². The molecule has 1 heterocycles. The molecular weight excluding hydrogens is 359 g/mol. The molecular formula is C19H14ClFN2OS. The number of nitrogens with zero attached hydrogens (tertiary/aromatic N) is 2. The number of carbonyl (C=O) groups excluding carboxylic acids is 1. The zero-order valence-electron chi connectivity index (χ0n) is 13.2. The monoisotopic (exact) mass is 372 g/mol. The topological polar surface area (TPSA) is 33.2 Å². The Morgan fingerprint density at radius 2 is 1.88 bits per heavy atom. The molecule has 0 atom stereocenters. The summed E-state index contributed by atoms with van der Waals surface area (Å²) in [5.41, 5.74) is 2.07. The third-order valence-electron chi connectivity index (χ3n) is 3.51. The van der Waals surface area contributed by atoms with Crippen LogP contribution in [0.4, 0.5) is 9.52 Å². The second kappa shape index (κ2) is 7.59. The number of carbonyl (C=O) groups is 1. The van der Waals surface area contributed by atoms with Crippen LogP contribution in [0.5, 0.6) is 0 Å². The lowest BCUT2D eigenvalue weighted by Gasteiger charge is -2.18. The minimum atomic E-state index is -0.383. The van der Waals surface area contributed by atoms with Gasteiger partial charge in [0.25, 0.3) is 5.91 Å². The molecule has 3 aromatic rings. The van der Waals surface area contributed by atoms with Crippen molar-refractivity contribution in [1.29, 1.82) is 0 Å². The van der Waals surface area contributed by atoms with E-state index >= 15 is 0 Å². The fourth-order valence-corrected chi connectivity index (χ4v) is 3.23. The van der Waals surface area contributed by atoms with Gasteiger partial charge in [-0.05, 0) is 36.4 Å². The van der Waals surface area contributed by atoms with Crippen LogP contribution in [-0.2, 0) is 0 Å². The Labute approximate surface area is 154 Å². The number of halogens is 2. The molecule has 0 unspecified atom stereocenters. The summed E-state index contributed by atoms with van der Waals surface area (Å²) in [6, 6.07) is 12.8. The lowest BCUT2D eigenvalue weighted by molar-refractivity contribution is 0.0989. The Kier molecular flexibility index (Phi) is 5.26. The van der Waals surface area contributed by atoms with Crippen LogP contribution < -0.4 is 4.90 Å². The zero-order chi connectivity index (χ0) is 17.8. The molecule has 0 aliphatic carbocycles. The molecule has 0 saturated carbocycles. The van der Waals surface area contributed by atoms with Crippen LogP contribution in [0.25, 0.3) is 11.3 Å². The maximum atomic E-state index is 13.1. The molecule has 6 heteroatoms. The molecule has 1 amide bonds. The molecule has 0 fully saturated rings. The van der Waals surface area contributed by atoms with Crippen LogP contribution in [0.1, 0.15) is 10.4 Å². The summed E-state index contributed by atoms with van der Waals surface area (Å²) >= 11 is 7.27. The van der Waals surface area contributed by atoms with E-state index in [1.807, 2.05) is 17.5 Å². The van der Waals surface area contributed by atoms with Crippen molar-refractivity contribution in [2.45, 2.75) is 0 Å². The van der Waals surface area contributed by atoms with Gasteiger partial charge in [-0.2, -0.15) is 0 Å². The Morgan fingerprint density at radius 3 is 2.52 bits per heavy atom. The molecule has 0 saturated heterocycles. The quantitative estimate of drug-likeness (QED) is 0.559. The molecule has 0 bridgehead atoms. The van der Waals surface area contributed by atoms with Gasteiger partial charge in [0.2, 0.25) is 0 Å². The van der Waals surface area contributed by atoms with Gasteiger partial charge in [0, 0.05) is 28.1 Å². The first-order valence-electron chi connectivity index (χ1n) is 7.48. The van der Waals surface area contributed by atoms with Crippen molar-refractivity contribution >= 4 is 34.0 Å². The highest BCUT2D eigenvalue weighted by molar-refractivity contribution is 7.14. The normalized spacial score (nSPS) is 10.5. The summed E-state index contributed by atoms with van der Waals surface area (Å²) in [5.74, 6) is -0.636. The van der Waals surface area contributed by atoms with Crippen molar-refractivity contribution in [2.75, 3.05) is 11.4 Å². The minimum absolute atomic E-state index is 0.253. The van der Waals surface area contributed by atoms with Gasteiger partial charge in [-0.25, -0.2) is 9.37 Å². The second-order valence-corrected chi connectivity index (χ2v) is 6.51. The van der Waals surface area contributed by atoms with Gasteiger partial charge in [-0.1, -0.05) is 29.8 Å². The van der Waals surface area contributed by atoms with Crippen LogP contribution in [0.3, 0.4) is 0 Å².